The predicted molar refractivity (Wildman–Crippen MR) is 108 cm³/mol. The molecule has 2 aromatic heterocycles. The molecule has 0 saturated carbocycles. The number of fused-ring (bicyclic) bond motifs is 2. The maximum Gasteiger partial charge on any atom is 0.140 e. The zero-order chi connectivity index (χ0) is 19.1. The van der Waals surface area contributed by atoms with E-state index in [9.17, 15) is 4.39 Å². The molecule has 1 N–H and O–H groups in total. The third-order valence-corrected chi connectivity index (χ3v) is 5.52. The van der Waals surface area contributed by atoms with Crippen molar-refractivity contribution in [2.24, 2.45) is 7.05 Å². The molecule has 0 unspecified atom stereocenters. The van der Waals surface area contributed by atoms with Gasteiger partial charge in [-0.2, -0.15) is 0 Å². The van der Waals surface area contributed by atoms with Crippen LogP contribution in [0.3, 0.4) is 0 Å². The summed E-state index contributed by atoms with van der Waals surface area (Å²) in [6.45, 7) is 2.01. The van der Waals surface area contributed by atoms with Gasteiger partial charge in [-0.1, -0.05) is 30.3 Å². The number of imidazole rings is 1. The Kier molecular flexibility index (Phi) is 4.37. The maximum atomic E-state index is 14.6. The van der Waals surface area contributed by atoms with Gasteiger partial charge in [0.05, 0.1) is 11.0 Å². The van der Waals surface area contributed by atoms with Crippen molar-refractivity contribution in [2.75, 3.05) is 13.1 Å². The Labute approximate surface area is 162 Å². The number of aryl methyl sites for hydroxylation is 1. The Morgan fingerprint density at radius 1 is 1.14 bits per heavy atom. The molecule has 1 aliphatic heterocycles. The van der Waals surface area contributed by atoms with Crippen molar-refractivity contribution >= 4 is 21.9 Å². The lowest BCUT2D eigenvalue weighted by molar-refractivity contribution is 0.00864. The number of nitrogens with zero attached hydrogens (tertiary/aromatic N) is 3. The van der Waals surface area contributed by atoms with E-state index in [1.54, 1.807) is 0 Å². The van der Waals surface area contributed by atoms with Gasteiger partial charge >= 0.3 is 0 Å². The number of likely N-dealkylation sites (tertiary alicyclic amines) is 1. The molecule has 2 atom stereocenters. The van der Waals surface area contributed by atoms with Gasteiger partial charge in [0.2, 0.25) is 0 Å². The van der Waals surface area contributed by atoms with Crippen LogP contribution in [-0.4, -0.2) is 44.8 Å². The zero-order valence-corrected chi connectivity index (χ0v) is 15.8. The first-order valence-electron chi connectivity index (χ1n) is 9.62. The highest BCUT2D eigenvalue weighted by Crippen LogP contribution is 2.25. The molecule has 144 valence electrons. The van der Waals surface area contributed by atoms with Crippen molar-refractivity contribution in [1.82, 2.24) is 19.4 Å². The van der Waals surface area contributed by atoms with Gasteiger partial charge in [0.25, 0.3) is 0 Å². The van der Waals surface area contributed by atoms with Crippen molar-refractivity contribution in [3.63, 3.8) is 0 Å². The van der Waals surface area contributed by atoms with E-state index in [4.69, 9.17) is 4.74 Å². The number of hydrogen-bond donors (Lipinski definition) is 1. The Morgan fingerprint density at radius 2 is 1.96 bits per heavy atom. The first-order chi connectivity index (χ1) is 13.7. The van der Waals surface area contributed by atoms with E-state index in [1.807, 2.05) is 43.4 Å². The largest absolute Gasteiger partial charge is 0.366 e. The number of ether oxygens (including phenoxy) is 1. The van der Waals surface area contributed by atoms with Crippen LogP contribution in [0.5, 0.6) is 0 Å². The second-order valence-electron chi connectivity index (χ2n) is 7.54. The number of aromatic nitrogens is 3. The van der Waals surface area contributed by atoms with E-state index >= 15 is 0 Å². The summed E-state index contributed by atoms with van der Waals surface area (Å²) in [6, 6.07) is 16.2. The van der Waals surface area contributed by atoms with Crippen molar-refractivity contribution < 1.29 is 9.13 Å². The second-order valence-corrected chi connectivity index (χ2v) is 7.54. The Balaban J connectivity index is 1.24. The van der Waals surface area contributed by atoms with Gasteiger partial charge in [0, 0.05) is 43.8 Å². The molecule has 3 heterocycles. The number of H-pyrrole nitrogens is 1. The molecule has 6 heteroatoms. The first kappa shape index (κ1) is 17.4. The highest BCUT2D eigenvalue weighted by Gasteiger charge is 2.34. The topological polar surface area (TPSA) is 46.1 Å². The third-order valence-electron chi connectivity index (χ3n) is 5.52. The molecule has 0 aliphatic carbocycles. The Morgan fingerprint density at radius 3 is 2.86 bits per heavy atom. The van der Waals surface area contributed by atoms with Crippen molar-refractivity contribution in [3.8, 4) is 0 Å². The van der Waals surface area contributed by atoms with E-state index in [0.29, 0.717) is 19.7 Å². The summed E-state index contributed by atoms with van der Waals surface area (Å²) < 4.78 is 22.6. The summed E-state index contributed by atoms with van der Waals surface area (Å²) in [5, 5.41) is 1.23. The molecule has 0 bridgehead atoms. The minimum absolute atomic E-state index is 0.294. The zero-order valence-electron chi connectivity index (χ0n) is 15.8. The molecule has 5 nitrogen and oxygen atoms in total. The molecule has 0 radical (unpaired) electrons. The molecule has 1 fully saturated rings. The molecule has 28 heavy (non-hydrogen) atoms. The summed E-state index contributed by atoms with van der Waals surface area (Å²) in [7, 11) is 2.05. The number of nitrogens with one attached hydrogen (secondary N) is 1. The van der Waals surface area contributed by atoms with E-state index in [0.717, 1.165) is 23.4 Å². The van der Waals surface area contributed by atoms with Crippen LogP contribution in [0.1, 0.15) is 11.4 Å². The fraction of sp³-hybridized carbons (Fsp3) is 0.318. The quantitative estimate of drug-likeness (QED) is 0.575. The number of aromatic amines is 1. The molecule has 1 aliphatic rings. The van der Waals surface area contributed by atoms with Gasteiger partial charge in [0.1, 0.15) is 24.7 Å². The van der Waals surface area contributed by atoms with Crippen LogP contribution in [0.2, 0.25) is 0 Å². The Hall–Kier alpha value is -2.70. The highest BCUT2D eigenvalue weighted by molar-refractivity contribution is 5.83. The van der Waals surface area contributed by atoms with Crippen LogP contribution in [-0.2, 0) is 24.9 Å². The number of benzene rings is 2. The van der Waals surface area contributed by atoms with Crippen LogP contribution >= 0.6 is 0 Å². The van der Waals surface area contributed by atoms with Crippen LogP contribution in [0, 0.1) is 0 Å². The fourth-order valence-corrected chi connectivity index (χ4v) is 4.15. The Bertz CT molecular complexity index is 1090. The smallest absolute Gasteiger partial charge is 0.140 e. The lowest BCUT2D eigenvalue weighted by atomic mass is 10.1. The second kappa shape index (κ2) is 7.04. The number of rotatable bonds is 5. The van der Waals surface area contributed by atoms with Crippen molar-refractivity contribution in [1.29, 1.82) is 0 Å². The van der Waals surface area contributed by atoms with Crippen LogP contribution < -0.4 is 0 Å². The van der Waals surface area contributed by atoms with E-state index in [1.165, 1.54) is 16.5 Å². The minimum Gasteiger partial charge on any atom is -0.366 e. The van der Waals surface area contributed by atoms with Gasteiger partial charge in [-0.3, -0.25) is 4.90 Å². The third kappa shape index (κ3) is 3.19. The lowest BCUT2D eigenvalue weighted by Crippen LogP contribution is -2.24. The summed E-state index contributed by atoms with van der Waals surface area (Å²) in [5.41, 5.74) is 4.30. The molecule has 2 aromatic carbocycles. The molecule has 4 aromatic rings. The molecular weight excluding hydrogens is 355 g/mol. The molecule has 0 spiro atoms. The average molecular weight is 378 g/mol. The summed E-state index contributed by atoms with van der Waals surface area (Å²) in [5.74, 6) is 0.737. The van der Waals surface area contributed by atoms with Crippen LogP contribution in [0.15, 0.2) is 54.7 Å². The normalized spacial score (nSPS) is 20.5. The standard InChI is InChI=1S/C22H23FN4O/c1-26-10-15(16-6-2-5-9-20(16)26)11-27-12-17(23)21(13-27)28-14-22-24-18-7-3-4-8-19(18)25-22/h2-10,17,21H,11-14H2,1H3,(H,24,25)/t17-,21+/m1/s1. The van der Waals surface area contributed by atoms with Crippen LogP contribution in [0.25, 0.3) is 21.9 Å². The number of para-hydroxylation sites is 3. The van der Waals surface area contributed by atoms with Gasteiger partial charge < -0.3 is 14.3 Å². The SMILES string of the molecule is Cn1cc(CN2C[C@@H](F)[C@@H](OCc3nc4ccccc4[nH]3)C2)c2ccccc21. The van der Waals surface area contributed by atoms with Gasteiger partial charge in [-0.15, -0.1) is 0 Å². The van der Waals surface area contributed by atoms with E-state index in [2.05, 4.69) is 37.8 Å². The highest BCUT2D eigenvalue weighted by atomic mass is 19.1. The van der Waals surface area contributed by atoms with Crippen LogP contribution in [0.4, 0.5) is 4.39 Å². The fourth-order valence-electron chi connectivity index (χ4n) is 4.15. The lowest BCUT2D eigenvalue weighted by Gasteiger charge is -2.15. The monoisotopic (exact) mass is 378 g/mol. The molecule has 1 saturated heterocycles. The minimum atomic E-state index is -0.987. The number of hydrogen-bond acceptors (Lipinski definition) is 3. The number of halogens is 1. The molecular formula is C22H23FN4O. The molecule has 5 rings (SSSR count). The van der Waals surface area contributed by atoms with E-state index in [-0.39, 0.29) is 0 Å². The van der Waals surface area contributed by atoms with Gasteiger partial charge in [-0.05, 0) is 23.8 Å². The maximum absolute atomic E-state index is 14.6. The summed E-state index contributed by atoms with van der Waals surface area (Å²) in [4.78, 5) is 9.87. The average Bonchev–Trinajstić information content (AvgIpc) is 3.36. The van der Waals surface area contributed by atoms with E-state index < -0.39 is 12.3 Å². The van der Waals surface area contributed by atoms with Gasteiger partial charge in [-0.25, -0.2) is 9.37 Å². The van der Waals surface area contributed by atoms with Crippen molar-refractivity contribution in [3.05, 3.63) is 66.1 Å². The summed E-state index contributed by atoms with van der Waals surface area (Å²) >= 11 is 0. The summed E-state index contributed by atoms with van der Waals surface area (Å²) in [6.07, 6.45) is 0.725. The first-order valence-corrected chi connectivity index (χ1v) is 9.62. The predicted octanol–water partition coefficient (Wildman–Crippen LogP) is 3.79. The van der Waals surface area contributed by atoms with Crippen molar-refractivity contribution in [2.45, 2.75) is 25.4 Å². The number of alkyl halides is 1. The van der Waals surface area contributed by atoms with Gasteiger partial charge in [0.15, 0.2) is 0 Å². The molecule has 0 amide bonds.